The van der Waals surface area contributed by atoms with E-state index in [9.17, 15) is 4.79 Å². The summed E-state index contributed by atoms with van der Waals surface area (Å²) in [7, 11) is 0. The molecule has 108 valence electrons. The molecule has 1 amide bonds. The molecule has 3 rings (SSSR count). The Morgan fingerprint density at radius 1 is 1.05 bits per heavy atom. The van der Waals surface area contributed by atoms with Crippen LogP contribution in [0.25, 0.3) is 0 Å². The first-order valence-corrected chi connectivity index (χ1v) is 8.17. The first-order chi connectivity index (χ1) is 9.83. The van der Waals surface area contributed by atoms with E-state index >= 15 is 0 Å². The molecule has 0 unspecified atom stereocenters. The van der Waals surface area contributed by atoms with Crippen LogP contribution < -0.4 is 0 Å². The molecule has 2 heteroatoms. The minimum atomic E-state index is 0.312. The third-order valence-electron chi connectivity index (χ3n) is 4.94. The standard InChI is InChI=1S/C18H25NO/c20-18-13-16-10-4-5-11-17(16)14-19(18)12-6-9-15-7-2-1-3-8-15/h4-5,10-11,15H,1-3,6-9,12-14H2. The lowest BCUT2D eigenvalue weighted by Gasteiger charge is -2.29. The number of amides is 1. The average Bonchev–Trinajstić information content (AvgIpc) is 2.49. The minimum Gasteiger partial charge on any atom is -0.338 e. The van der Waals surface area contributed by atoms with E-state index in [1.54, 1.807) is 0 Å². The van der Waals surface area contributed by atoms with Gasteiger partial charge in [-0.05, 0) is 29.9 Å². The number of carbonyl (C=O) groups is 1. The number of carbonyl (C=O) groups excluding carboxylic acids is 1. The second kappa shape index (κ2) is 6.43. The van der Waals surface area contributed by atoms with Crippen molar-refractivity contribution in [1.82, 2.24) is 4.90 Å². The lowest BCUT2D eigenvalue weighted by Crippen LogP contribution is -2.36. The summed E-state index contributed by atoms with van der Waals surface area (Å²) in [6.07, 6.45) is 10.2. The summed E-state index contributed by atoms with van der Waals surface area (Å²) in [6.45, 7) is 1.77. The van der Waals surface area contributed by atoms with Crippen LogP contribution in [0.5, 0.6) is 0 Å². The highest BCUT2D eigenvalue weighted by Crippen LogP contribution is 2.28. The van der Waals surface area contributed by atoms with E-state index < -0.39 is 0 Å². The normalized spacial score (nSPS) is 20.0. The van der Waals surface area contributed by atoms with Gasteiger partial charge in [0.2, 0.25) is 5.91 Å². The fourth-order valence-corrected chi connectivity index (χ4v) is 3.70. The minimum absolute atomic E-state index is 0.312. The molecular formula is C18H25NO. The van der Waals surface area contributed by atoms with Gasteiger partial charge in [0.05, 0.1) is 6.42 Å². The molecule has 1 heterocycles. The Morgan fingerprint density at radius 2 is 1.80 bits per heavy atom. The Bertz CT molecular complexity index is 462. The first kappa shape index (κ1) is 13.7. The summed E-state index contributed by atoms with van der Waals surface area (Å²) < 4.78 is 0. The van der Waals surface area contributed by atoms with Gasteiger partial charge in [-0.15, -0.1) is 0 Å². The molecule has 1 saturated carbocycles. The molecule has 1 aliphatic heterocycles. The van der Waals surface area contributed by atoms with Crippen molar-refractivity contribution in [3.05, 3.63) is 35.4 Å². The van der Waals surface area contributed by atoms with Crippen LogP contribution >= 0.6 is 0 Å². The van der Waals surface area contributed by atoms with Gasteiger partial charge >= 0.3 is 0 Å². The fourth-order valence-electron chi connectivity index (χ4n) is 3.70. The highest BCUT2D eigenvalue weighted by atomic mass is 16.2. The lowest BCUT2D eigenvalue weighted by atomic mass is 9.86. The predicted octanol–water partition coefficient (Wildman–Crippen LogP) is 3.93. The third kappa shape index (κ3) is 3.23. The monoisotopic (exact) mass is 271 g/mol. The molecule has 0 bridgehead atoms. The molecule has 0 radical (unpaired) electrons. The van der Waals surface area contributed by atoms with Crippen LogP contribution in [0, 0.1) is 5.92 Å². The van der Waals surface area contributed by atoms with Crippen molar-refractivity contribution in [1.29, 1.82) is 0 Å². The van der Waals surface area contributed by atoms with Gasteiger partial charge in [-0.25, -0.2) is 0 Å². The lowest BCUT2D eigenvalue weighted by molar-refractivity contribution is -0.132. The van der Waals surface area contributed by atoms with Crippen LogP contribution in [0.15, 0.2) is 24.3 Å². The van der Waals surface area contributed by atoms with Gasteiger partial charge in [-0.1, -0.05) is 56.4 Å². The maximum atomic E-state index is 12.2. The smallest absolute Gasteiger partial charge is 0.227 e. The number of fused-ring (bicyclic) bond motifs is 1. The molecule has 2 nitrogen and oxygen atoms in total. The maximum absolute atomic E-state index is 12.2. The summed E-state index contributed by atoms with van der Waals surface area (Å²) in [5, 5.41) is 0. The van der Waals surface area contributed by atoms with E-state index in [2.05, 4.69) is 23.1 Å². The van der Waals surface area contributed by atoms with Crippen LogP contribution in [0.3, 0.4) is 0 Å². The van der Waals surface area contributed by atoms with Crippen molar-refractivity contribution in [2.45, 2.75) is 57.9 Å². The summed E-state index contributed by atoms with van der Waals surface area (Å²) in [4.78, 5) is 14.2. The molecule has 1 aromatic carbocycles. The molecular weight excluding hydrogens is 246 g/mol. The van der Waals surface area contributed by atoms with Crippen LogP contribution in [0.4, 0.5) is 0 Å². The van der Waals surface area contributed by atoms with Crippen LogP contribution in [0.2, 0.25) is 0 Å². The van der Waals surface area contributed by atoms with E-state index in [4.69, 9.17) is 0 Å². The SMILES string of the molecule is O=C1Cc2ccccc2CN1CCCC1CCCCC1. The maximum Gasteiger partial charge on any atom is 0.227 e. The Hall–Kier alpha value is -1.31. The first-order valence-electron chi connectivity index (χ1n) is 8.17. The van der Waals surface area contributed by atoms with Gasteiger partial charge < -0.3 is 4.90 Å². The molecule has 1 aliphatic carbocycles. The Balaban J connectivity index is 1.49. The highest BCUT2D eigenvalue weighted by molar-refractivity contribution is 5.80. The number of rotatable bonds is 4. The zero-order valence-electron chi connectivity index (χ0n) is 12.3. The summed E-state index contributed by atoms with van der Waals surface area (Å²) >= 11 is 0. The Labute approximate surface area is 122 Å². The van der Waals surface area contributed by atoms with Crippen molar-refractivity contribution in [2.24, 2.45) is 5.92 Å². The van der Waals surface area contributed by atoms with Crippen molar-refractivity contribution in [2.75, 3.05) is 6.54 Å². The van der Waals surface area contributed by atoms with Crippen molar-refractivity contribution in [3.63, 3.8) is 0 Å². The Kier molecular flexibility index (Phi) is 4.39. The second-order valence-corrected chi connectivity index (χ2v) is 6.41. The zero-order chi connectivity index (χ0) is 13.8. The van der Waals surface area contributed by atoms with Gasteiger partial charge in [0.15, 0.2) is 0 Å². The molecule has 0 N–H and O–H groups in total. The highest BCUT2D eigenvalue weighted by Gasteiger charge is 2.22. The average molecular weight is 271 g/mol. The van der Waals surface area contributed by atoms with E-state index in [-0.39, 0.29) is 0 Å². The van der Waals surface area contributed by atoms with Crippen LogP contribution in [-0.4, -0.2) is 17.4 Å². The van der Waals surface area contributed by atoms with E-state index in [0.29, 0.717) is 12.3 Å². The van der Waals surface area contributed by atoms with E-state index in [1.165, 1.54) is 56.1 Å². The number of hydrogen-bond donors (Lipinski definition) is 0. The Morgan fingerprint density at radius 3 is 2.60 bits per heavy atom. The molecule has 0 atom stereocenters. The fraction of sp³-hybridized carbons (Fsp3) is 0.611. The summed E-state index contributed by atoms with van der Waals surface area (Å²) in [5.41, 5.74) is 2.56. The van der Waals surface area contributed by atoms with Crippen LogP contribution in [0.1, 0.15) is 56.1 Å². The van der Waals surface area contributed by atoms with Gasteiger partial charge in [0.25, 0.3) is 0 Å². The predicted molar refractivity (Wildman–Crippen MR) is 81.4 cm³/mol. The van der Waals surface area contributed by atoms with E-state index in [0.717, 1.165) is 19.0 Å². The number of nitrogens with zero attached hydrogens (tertiary/aromatic N) is 1. The molecule has 1 aromatic rings. The third-order valence-corrected chi connectivity index (χ3v) is 4.94. The summed E-state index contributed by atoms with van der Waals surface area (Å²) in [5.74, 6) is 1.24. The van der Waals surface area contributed by atoms with Crippen molar-refractivity contribution >= 4 is 5.91 Å². The molecule has 0 spiro atoms. The number of hydrogen-bond acceptors (Lipinski definition) is 1. The number of benzene rings is 1. The molecule has 0 saturated heterocycles. The van der Waals surface area contributed by atoms with Gasteiger partial charge in [0, 0.05) is 13.1 Å². The summed E-state index contributed by atoms with van der Waals surface area (Å²) in [6, 6.07) is 8.36. The van der Waals surface area contributed by atoms with Crippen LogP contribution in [-0.2, 0) is 17.8 Å². The molecule has 20 heavy (non-hydrogen) atoms. The topological polar surface area (TPSA) is 20.3 Å². The molecule has 2 aliphatic rings. The van der Waals surface area contributed by atoms with Gasteiger partial charge in [-0.2, -0.15) is 0 Å². The van der Waals surface area contributed by atoms with Crippen molar-refractivity contribution in [3.8, 4) is 0 Å². The largest absolute Gasteiger partial charge is 0.338 e. The van der Waals surface area contributed by atoms with Gasteiger partial charge in [-0.3, -0.25) is 4.79 Å². The molecule has 0 aromatic heterocycles. The van der Waals surface area contributed by atoms with Gasteiger partial charge in [0.1, 0.15) is 0 Å². The zero-order valence-corrected chi connectivity index (χ0v) is 12.3. The van der Waals surface area contributed by atoms with Crippen molar-refractivity contribution < 1.29 is 4.79 Å². The van der Waals surface area contributed by atoms with E-state index in [1.807, 2.05) is 6.07 Å². The molecule has 1 fully saturated rings. The second-order valence-electron chi connectivity index (χ2n) is 6.41. The quantitative estimate of drug-likeness (QED) is 0.812.